The average molecular weight is 303 g/mol. The van der Waals surface area contributed by atoms with Crippen molar-refractivity contribution < 1.29 is 9.53 Å². The zero-order valence-electron chi connectivity index (χ0n) is 12.7. The molecule has 0 heterocycles. The first-order valence-electron chi connectivity index (χ1n) is 7.12. The first kappa shape index (κ1) is 15.8. The third-order valence-corrected chi connectivity index (χ3v) is 5.33. The molecule has 4 heteroatoms. The van der Waals surface area contributed by atoms with E-state index in [-0.39, 0.29) is 11.9 Å². The largest absolute Gasteiger partial charge is 0.465 e. The lowest BCUT2D eigenvalue weighted by Gasteiger charge is -2.17. The summed E-state index contributed by atoms with van der Waals surface area (Å²) in [5, 5.41) is 8.80. The van der Waals surface area contributed by atoms with Crippen LogP contribution >= 0.6 is 11.8 Å². The minimum absolute atomic E-state index is 0.194. The molecule has 1 N–H and O–H groups in total. The fraction of sp³-hybridized carbons (Fsp3) is 0.412. The smallest absolute Gasteiger partial charge is 0.322 e. The molecule has 0 saturated heterocycles. The summed E-state index contributed by atoms with van der Waals surface area (Å²) in [6.45, 7) is 10.1. The van der Waals surface area contributed by atoms with Crippen LogP contribution in [0.15, 0.2) is 47.6 Å². The predicted octanol–water partition coefficient (Wildman–Crippen LogP) is 4.04. The molecule has 0 radical (unpaired) electrons. The van der Waals surface area contributed by atoms with Gasteiger partial charge in [0.25, 0.3) is 0 Å². The maximum atomic E-state index is 12.2. The van der Waals surface area contributed by atoms with Gasteiger partial charge in [0.1, 0.15) is 4.75 Å². The Kier molecular flexibility index (Phi) is 4.57. The van der Waals surface area contributed by atoms with Crippen LogP contribution in [0.5, 0.6) is 0 Å². The minimum Gasteiger partial charge on any atom is -0.465 e. The summed E-state index contributed by atoms with van der Waals surface area (Å²) >= 11 is 1.32. The number of hydrogen-bond acceptors (Lipinski definition) is 4. The van der Waals surface area contributed by atoms with Gasteiger partial charge < -0.3 is 4.74 Å². The molecule has 2 atom stereocenters. The second-order valence-electron chi connectivity index (χ2n) is 5.49. The molecule has 2 rings (SSSR count). The molecular formula is C17H21NO2S. The number of rotatable bonds is 4. The second kappa shape index (κ2) is 6.06. The Balaban J connectivity index is 2.18. The fourth-order valence-corrected chi connectivity index (χ4v) is 3.72. The van der Waals surface area contributed by atoms with Crippen molar-refractivity contribution in [3.05, 3.63) is 47.6 Å². The van der Waals surface area contributed by atoms with Crippen molar-refractivity contribution in [1.82, 2.24) is 0 Å². The number of ether oxygens (including phenoxy) is 1. The van der Waals surface area contributed by atoms with Gasteiger partial charge in [-0.3, -0.25) is 10.2 Å². The quantitative estimate of drug-likeness (QED) is 0.484. The highest BCUT2D eigenvalue weighted by Crippen LogP contribution is 2.56. The van der Waals surface area contributed by atoms with Gasteiger partial charge in [0.2, 0.25) is 0 Å². The van der Waals surface area contributed by atoms with Crippen LogP contribution < -0.4 is 0 Å². The summed E-state index contributed by atoms with van der Waals surface area (Å²) in [4.78, 5) is 12.2. The summed E-state index contributed by atoms with van der Waals surface area (Å²) in [5.41, 5.74) is 2.70. The highest BCUT2D eigenvalue weighted by Gasteiger charge is 2.60. The lowest BCUT2D eigenvalue weighted by atomic mass is 10.1. The van der Waals surface area contributed by atoms with E-state index in [1.807, 2.05) is 45.1 Å². The van der Waals surface area contributed by atoms with Crippen LogP contribution in [0.1, 0.15) is 27.2 Å². The summed E-state index contributed by atoms with van der Waals surface area (Å²) in [6, 6.07) is 0. The first-order valence-corrected chi connectivity index (χ1v) is 7.93. The molecule has 112 valence electrons. The third-order valence-electron chi connectivity index (χ3n) is 3.81. The fourth-order valence-electron chi connectivity index (χ4n) is 2.35. The number of thioether (sulfide) groups is 1. The number of carbonyl (C=O) groups is 1. The van der Waals surface area contributed by atoms with Crippen LogP contribution in [0, 0.1) is 11.3 Å². The van der Waals surface area contributed by atoms with Crippen molar-refractivity contribution >= 4 is 22.8 Å². The monoisotopic (exact) mass is 303 g/mol. The molecule has 0 bridgehead atoms. The Morgan fingerprint density at radius 1 is 1.62 bits per heavy atom. The zero-order valence-corrected chi connectivity index (χ0v) is 13.5. The van der Waals surface area contributed by atoms with Gasteiger partial charge in [-0.25, -0.2) is 0 Å². The average Bonchev–Trinajstić information content (AvgIpc) is 3.10. The predicted molar refractivity (Wildman–Crippen MR) is 88.6 cm³/mol. The van der Waals surface area contributed by atoms with Crippen molar-refractivity contribution in [1.29, 1.82) is 5.41 Å². The Bertz CT molecular complexity index is 586. The number of hydrogen-bond donors (Lipinski definition) is 1. The van der Waals surface area contributed by atoms with Crippen LogP contribution in [0.3, 0.4) is 0 Å². The SMILES string of the molecule is C=C1C=CC=C(C)C(C(=N)SC2(C(=O)OCC)CC2C)=C1. The molecular weight excluding hydrogens is 282 g/mol. The maximum absolute atomic E-state index is 12.2. The highest BCUT2D eigenvalue weighted by molar-refractivity contribution is 8.16. The van der Waals surface area contributed by atoms with Gasteiger partial charge in [0.15, 0.2) is 0 Å². The number of nitrogens with one attached hydrogen (secondary N) is 1. The maximum Gasteiger partial charge on any atom is 0.322 e. The van der Waals surface area contributed by atoms with E-state index in [1.165, 1.54) is 11.8 Å². The van der Waals surface area contributed by atoms with Gasteiger partial charge in [-0.2, -0.15) is 0 Å². The molecule has 1 fully saturated rings. The van der Waals surface area contributed by atoms with Gasteiger partial charge in [0, 0.05) is 5.57 Å². The molecule has 2 unspecified atom stereocenters. The third kappa shape index (κ3) is 3.21. The Hall–Kier alpha value is -1.55. The molecule has 2 aliphatic rings. The van der Waals surface area contributed by atoms with E-state index in [4.69, 9.17) is 10.1 Å². The molecule has 2 aliphatic carbocycles. The molecule has 3 nitrogen and oxygen atoms in total. The topological polar surface area (TPSA) is 50.2 Å². The van der Waals surface area contributed by atoms with Gasteiger partial charge in [0.05, 0.1) is 11.7 Å². The molecule has 1 saturated carbocycles. The lowest BCUT2D eigenvalue weighted by Crippen LogP contribution is -2.26. The molecule has 0 aliphatic heterocycles. The van der Waals surface area contributed by atoms with Crippen molar-refractivity contribution in [2.75, 3.05) is 6.61 Å². The normalized spacial score (nSPS) is 27.6. The van der Waals surface area contributed by atoms with Crippen molar-refractivity contribution in [2.45, 2.75) is 31.9 Å². The summed E-state index contributed by atoms with van der Waals surface area (Å²) < 4.78 is 4.61. The van der Waals surface area contributed by atoms with E-state index in [1.54, 1.807) is 0 Å². The minimum atomic E-state index is -0.574. The summed E-state index contributed by atoms with van der Waals surface area (Å²) in [6.07, 6.45) is 8.48. The molecule has 0 aromatic heterocycles. The molecule has 0 aromatic rings. The number of esters is 1. The molecule has 0 amide bonds. The van der Waals surface area contributed by atoms with Crippen LogP contribution in [-0.4, -0.2) is 22.4 Å². The molecule has 21 heavy (non-hydrogen) atoms. The van der Waals surface area contributed by atoms with Gasteiger partial charge in [-0.05, 0) is 43.4 Å². The van der Waals surface area contributed by atoms with E-state index in [9.17, 15) is 4.79 Å². The Morgan fingerprint density at radius 3 is 2.86 bits per heavy atom. The highest BCUT2D eigenvalue weighted by atomic mass is 32.2. The summed E-state index contributed by atoms with van der Waals surface area (Å²) in [5.74, 6) is 0.0546. The van der Waals surface area contributed by atoms with Crippen LogP contribution in [0.4, 0.5) is 0 Å². The van der Waals surface area contributed by atoms with E-state index < -0.39 is 4.75 Å². The van der Waals surface area contributed by atoms with Gasteiger partial charge in [-0.1, -0.05) is 43.5 Å². The zero-order chi connectivity index (χ0) is 15.6. The first-order chi connectivity index (χ1) is 9.90. The second-order valence-corrected chi connectivity index (χ2v) is 6.83. The summed E-state index contributed by atoms with van der Waals surface area (Å²) in [7, 11) is 0. The lowest BCUT2D eigenvalue weighted by molar-refractivity contribution is -0.143. The van der Waals surface area contributed by atoms with Crippen LogP contribution in [0.25, 0.3) is 0 Å². The molecule has 0 aromatic carbocycles. The Labute approximate surface area is 130 Å². The number of carbonyl (C=O) groups excluding carboxylic acids is 1. The standard InChI is InChI=1S/C17H21NO2S/c1-5-20-16(19)17(10-13(17)4)21-15(18)14-9-11(2)7-6-8-12(14)3/h6-9,13,18H,2,5,10H2,1,3-4H3. The van der Waals surface area contributed by atoms with Crippen molar-refractivity contribution in [3.8, 4) is 0 Å². The number of allylic oxidation sites excluding steroid dienone is 6. The van der Waals surface area contributed by atoms with Gasteiger partial charge in [-0.15, -0.1) is 0 Å². The molecule has 0 spiro atoms. The van der Waals surface area contributed by atoms with Crippen molar-refractivity contribution in [2.24, 2.45) is 5.92 Å². The van der Waals surface area contributed by atoms with E-state index >= 15 is 0 Å². The van der Waals surface area contributed by atoms with Crippen LogP contribution in [-0.2, 0) is 9.53 Å². The Morgan fingerprint density at radius 2 is 2.29 bits per heavy atom. The van der Waals surface area contributed by atoms with E-state index in [0.29, 0.717) is 11.7 Å². The van der Waals surface area contributed by atoms with E-state index in [0.717, 1.165) is 23.1 Å². The van der Waals surface area contributed by atoms with E-state index in [2.05, 4.69) is 6.58 Å². The van der Waals surface area contributed by atoms with Gasteiger partial charge >= 0.3 is 5.97 Å². The van der Waals surface area contributed by atoms with Crippen molar-refractivity contribution in [3.63, 3.8) is 0 Å². The van der Waals surface area contributed by atoms with Crippen LogP contribution in [0.2, 0.25) is 0 Å².